The fraction of sp³-hybridized carbons (Fsp3) is 0.389. The van der Waals surface area contributed by atoms with E-state index in [4.69, 9.17) is 4.74 Å². The van der Waals surface area contributed by atoms with Crippen LogP contribution in [0.4, 0.5) is 0 Å². The molecule has 0 fully saturated rings. The zero-order valence-corrected chi connectivity index (χ0v) is 15.3. The number of carbonyl (C=O) groups is 2. The van der Waals surface area contributed by atoms with Gasteiger partial charge in [0.1, 0.15) is 23.7 Å². The smallest absolute Gasteiger partial charge is 0.326 e. The molecule has 0 radical (unpaired) electrons. The Morgan fingerprint density at radius 3 is 2.81 bits per heavy atom. The maximum absolute atomic E-state index is 12.9. The molecule has 2 aromatic rings. The highest BCUT2D eigenvalue weighted by Gasteiger charge is 2.28. The Bertz CT molecular complexity index is 805. The molecule has 0 bridgehead atoms. The van der Waals surface area contributed by atoms with Crippen LogP contribution in [-0.4, -0.2) is 50.3 Å². The number of carboxylic acids is 1. The number of hydrogen-bond acceptors (Lipinski definition) is 6. The third kappa shape index (κ3) is 5.37. The van der Waals surface area contributed by atoms with Gasteiger partial charge >= 0.3 is 5.97 Å². The van der Waals surface area contributed by atoms with Crippen molar-refractivity contribution in [3.8, 4) is 5.75 Å². The van der Waals surface area contributed by atoms with Crippen molar-refractivity contribution in [3.05, 3.63) is 48.3 Å². The first-order chi connectivity index (χ1) is 13.0. The minimum atomic E-state index is -1.10. The van der Waals surface area contributed by atoms with Gasteiger partial charge in [-0.15, -0.1) is 11.7 Å². The van der Waals surface area contributed by atoms with Crippen LogP contribution in [0.3, 0.4) is 0 Å². The summed E-state index contributed by atoms with van der Waals surface area (Å²) in [6.07, 6.45) is 2.62. The van der Waals surface area contributed by atoms with Crippen molar-refractivity contribution in [2.45, 2.75) is 38.3 Å². The summed E-state index contributed by atoms with van der Waals surface area (Å²) in [4.78, 5) is 24.3. The van der Waals surface area contributed by atoms with Crippen LogP contribution in [0.25, 0.3) is 0 Å². The third-order valence-corrected chi connectivity index (χ3v) is 4.09. The van der Waals surface area contributed by atoms with Gasteiger partial charge in [0.15, 0.2) is 0 Å². The summed E-state index contributed by atoms with van der Waals surface area (Å²) in [5.41, 5.74) is 0.836. The molecule has 0 spiro atoms. The number of aliphatic carboxylic acids is 1. The van der Waals surface area contributed by atoms with Crippen molar-refractivity contribution >= 4 is 11.9 Å². The number of tetrazole rings is 1. The average molecular weight is 373 g/mol. The number of ether oxygens (including phenoxy) is 1. The van der Waals surface area contributed by atoms with Gasteiger partial charge in [0.25, 0.3) is 0 Å². The molecule has 1 aromatic carbocycles. The van der Waals surface area contributed by atoms with Crippen LogP contribution in [0.15, 0.2) is 36.9 Å². The van der Waals surface area contributed by atoms with Crippen LogP contribution >= 0.6 is 0 Å². The topological polar surface area (TPSA) is 119 Å². The van der Waals surface area contributed by atoms with Crippen molar-refractivity contribution in [2.24, 2.45) is 0 Å². The fourth-order valence-electron chi connectivity index (χ4n) is 2.65. The Kier molecular flexibility index (Phi) is 7.04. The molecule has 1 aromatic heterocycles. The van der Waals surface area contributed by atoms with Crippen molar-refractivity contribution in [1.29, 1.82) is 0 Å². The van der Waals surface area contributed by atoms with Crippen molar-refractivity contribution < 1.29 is 19.4 Å². The maximum Gasteiger partial charge on any atom is 0.326 e. The van der Waals surface area contributed by atoms with E-state index in [1.807, 2.05) is 18.2 Å². The van der Waals surface area contributed by atoms with Gasteiger partial charge in [0.05, 0.1) is 7.11 Å². The lowest BCUT2D eigenvalue weighted by atomic mass is 10.0. The first-order valence-corrected chi connectivity index (χ1v) is 8.47. The standard InChI is InChI=1S/C18H23N5O4/c1-4-5-9-15(18(25)26)19-17(24)16(23-12(2)20-21-22-23)11-13-7-6-8-14(10-13)27-3/h4,6-8,10,15-16H,1,5,9,11H2,2-3H3,(H,19,24)(H,25,26). The lowest BCUT2D eigenvalue weighted by Crippen LogP contribution is -2.45. The van der Waals surface area contributed by atoms with Crippen molar-refractivity contribution in [1.82, 2.24) is 25.5 Å². The summed E-state index contributed by atoms with van der Waals surface area (Å²) in [6, 6.07) is 5.48. The lowest BCUT2D eigenvalue weighted by Gasteiger charge is -2.21. The Hall–Kier alpha value is -3.23. The molecule has 144 valence electrons. The highest BCUT2D eigenvalue weighted by atomic mass is 16.5. The van der Waals surface area contributed by atoms with Crippen LogP contribution in [0.1, 0.15) is 30.3 Å². The van der Waals surface area contributed by atoms with E-state index in [0.29, 0.717) is 18.0 Å². The summed E-state index contributed by atoms with van der Waals surface area (Å²) in [5, 5.41) is 23.3. The number of nitrogens with zero attached hydrogens (tertiary/aromatic N) is 4. The molecule has 2 unspecified atom stereocenters. The molecule has 0 aliphatic rings. The van der Waals surface area contributed by atoms with E-state index in [-0.39, 0.29) is 12.8 Å². The SMILES string of the molecule is C=CCCC(NC(=O)C(Cc1cccc(OC)c1)n1nnnc1C)C(=O)O. The number of benzene rings is 1. The zero-order chi connectivity index (χ0) is 19.8. The highest BCUT2D eigenvalue weighted by molar-refractivity contribution is 5.86. The third-order valence-electron chi connectivity index (χ3n) is 4.09. The van der Waals surface area contributed by atoms with E-state index in [1.165, 1.54) is 4.68 Å². The quantitative estimate of drug-likeness (QED) is 0.603. The summed E-state index contributed by atoms with van der Waals surface area (Å²) < 4.78 is 6.61. The highest BCUT2D eigenvalue weighted by Crippen LogP contribution is 2.19. The Morgan fingerprint density at radius 1 is 1.44 bits per heavy atom. The number of allylic oxidation sites excluding steroid dienone is 1. The normalized spacial score (nSPS) is 12.8. The van der Waals surface area contributed by atoms with Gasteiger partial charge in [-0.05, 0) is 47.9 Å². The minimum absolute atomic E-state index is 0.255. The van der Waals surface area contributed by atoms with E-state index < -0.39 is 24.0 Å². The first-order valence-electron chi connectivity index (χ1n) is 8.47. The van der Waals surface area contributed by atoms with Crippen LogP contribution in [-0.2, 0) is 16.0 Å². The van der Waals surface area contributed by atoms with Crippen LogP contribution < -0.4 is 10.1 Å². The molecule has 9 nitrogen and oxygen atoms in total. The number of carboxylic acid groups (broad SMARTS) is 1. The van der Waals surface area contributed by atoms with Gasteiger partial charge in [-0.1, -0.05) is 18.2 Å². The maximum atomic E-state index is 12.9. The molecule has 1 heterocycles. The first kappa shape index (κ1) is 20.1. The predicted molar refractivity (Wildman–Crippen MR) is 97.3 cm³/mol. The number of amides is 1. The van der Waals surface area contributed by atoms with Crippen molar-refractivity contribution in [2.75, 3.05) is 7.11 Å². The lowest BCUT2D eigenvalue weighted by molar-refractivity contribution is -0.142. The summed E-state index contributed by atoms with van der Waals surface area (Å²) in [6.45, 7) is 5.26. The number of aryl methyl sites for hydroxylation is 1. The molecule has 0 saturated heterocycles. The van der Waals surface area contributed by atoms with Gasteiger partial charge in [0.2, 0.25) is 5.91 Å². The fourth-order valence-corrected chi connectivity index (χ4v) is 2.65. The predicted octanol–water partition coefficient (Wildman–Crippen LogP) is 1.31. The number of methoxy groups -OCH3 is 1. The molecular weight excluding hydrogens is 350 g/mol. The molecule has 2 N–H and O–H groups in total. The second kappa shape index (κ2) is 9.46. The summed E-state index contributed by atoms with van der Waals surface area (Å²) >= 11 is 0. The van der Waals surface area contributed by atoms with E-state index >= 15 is 0 Å². The van der Waals surface area contributed by atoms with Gasteiger partial charge in [-0.3, -0.25) is 4.79 Å². The number of aromatic nitrogens is 4. The molecular formula is C18H23N5O4. The monoisotopic (exact) mass is 373 g/mol. The number of carbonyl (C=O) groups excluding carboxylic acids is 1. The Labute approximate surface area is 157 Å². The molecule has 9 heteroatoms. The number of nitrogens with one attached hydrogen (secondary N) is 1. The molecule has 2 atom stereocenters. The molecule has 2 rings (SSSR count). The Balaban J connectivity index is 2.26. The Morgan fingerprint density at radius 2 is 2.22 bits per heavy atom. The second-order valence-corrected chi connectivity index (χ2v) is 6.01. The van der Waals surface area contributed by atoms with Gasteiger partial charge < -0.3 is 15.2 Å². The molecule has 0 aliphatic carbocycles. The van der Waals surface area contributed by atoms with Gasteiger partial charge in [-0.2, -0.15) is 0 Å². The molecule has 0 aliphatic heterocycles. The van der Waals surface area contributed by atoms with E-state index in [0.717, 1.165) is 5.56 Å². The van der Waals surface area contributed by atoms with Crippen LogP contribution in [0.5, 0.6) is 5.75 Å². The van der Waals surface area contributed by atoms with Crippen LogP contribution in [0, 0.1) is 6.92 Å². The van der Waals surface area contributed by atoms with Gasteiger partial charge in [0, 0.05) is 6.42 Å². The number of rotatable bonds is 10. The molecule has 0 saturated carbocycles. The molecule has 27 heavy (non-hydrogen) atoms. The van der Waals surface area contributed by atoms with Gasteiger partial charge in [-0.25, -0.2) is 9.48 Å². The van der Waals surface area contributed by atoms with E-state index in [2.05, 4.69) is 27.4 Å². The second-order valence-electron chi connectivity index (χ2n) is 6.01. The summed E-state index contributed by atoms with van der Waals surface area (Å²) in [7, 11) is 1.56. The van der Waals surface area contributed by atoms with E-state index in [9.17, 15) is 14.7 Å². The number of hydrogen-bond donors (Lipinski definition) is 2. The largest absolute Gasteiger partial charge is 0.497 e. The minimum Gasteiger partial charge on any atom is -0.497 e. The molecule has 1 amide bonds. The zero-order valence-electron chi connectivity index (χ0n) is 15.3. The van der Waals surface area contributed by atoms with E-state index in [1.54, 1.807) is 26.2 Å². The van der Waals surface area contributed by atoms with Crippen molar-refractivity contribution in [3.63, 3.8) is 0 Å². The average Bonchev–Trinajstić information content (AvgIpc) is 3.08. The summed E-state index contributed by atoms with van der Waals surface area (Å²) in [5.74, 6) is -0.450. The van der Waals surface area contributed by atoms with Crippen LogP contribution in [0.2, 0.25) is 0 Å².